The van der Waals surface area contributed by atoms with Crippen LogP contribution in [-0.4, -0.2) is 54.0 Å². The van der Waals surface area contributed by atoms with Crippen LogP contribution >= 0.6 is 11.3 Å². The summed E-state index contributed by atoms with van der Waals surface area (Å²) in [7, 11) is 0. The van der Waals surface area contributed by atoms with E-state index in [9.17, 15) is 14.0 Å². The van der Waals surface area contributed by atoms with Crippen molar-refractivity contribution in [2.24, 2.45) is 0 Å². The number of carbonyl (C=O) groups excluding carboxylic acids is 2. The lowest BCUT2D eigenvalue weighted by molar-refractivity contribution is -0.136. The van der Waals surface area contributed by atoms with E-state index in [0.29, 0.717) is 43.3 Å². The van der Waals surface area contributed by atoms with Gasteiger partial charge in [-0.25, -0.2) is 9.37 Å². The molecule has 6 nitrogen and oxygen atoms in total. The molecule has 0 saturated carbocycles. The highest BCUT2D eigenvalue weighted by molar-refractivity contribution is 7.09. The van der Waals surface area contributed by atoms with Crippen LogP contribution in [-0.2, 0) is 16.0 Å². The molecule has 0 aliphatic carbocycles. The van der Waals surface area contributed by atoms with Crippen molar-refractivity contribution < 1.29 is 18.7 Å². The summed E-state index contributed by atoms with van der Waals surface area (Å²) in [6, 6.07) is 5.84. The van der Waals surface area contributed by atoms with Crippen LogP contribution in [0.3, 0.4) is 0 Å². The summed E-state index contributed by atoms with van der Waals surface area (Å²) in [4.78, 5) is 30.6. The maximum atomic E-state index is 13.7. The van der Waals surface area contributed by atoms with Crippen LogP contribution in [0.15, 0.2) is 29.6 Å². The average molecular weight is 377 g/mol. The lowest BCUT2D eigenvalue weighted by Crippen LogP contribution is -2.50. The first kappa shape index (κ1) is 18.5. The van der Waals surface area contributed by atoms with Gasteiger partial charge in [-0.2, -0.15) is 0 Å². The third-order valence-electron chi connectivity index (χ3n) is 4.12. The second-order valence-corrected chi connectivity index (χ2v) is 6.97. The van der Waals surface area contributed by atoms with E-state index in [0.717, 1.165) is 0 Å². The lowest BCUT2D eigenvalue weighted by atomic mass is 10.1. The molecule has 2 aromatic rings. The largest absolute Gasteiger partial charge is 0.378 e. The van der Waals surface area contributed by atoms with Crippen LogP contribution in [0.5, 0.6) is 0 Å². The Morgan fingerprint density at radius 3 is 2.81 bits per heavy atom. The van der Waals surface area contributed by atoms with Crippen molar-refractivity contribution in [3.63, 3.8) is 0 Å². The van der Waals surface area contributed by atoms with Gasteiger partial charge in [-0.1, -0.05) is 18.2 Å². The molecule has 8 heteroatoms. The molecule has 1 saturated heterocycles. The number of nitrogens with zero attached hydrogens (tertiary/aromatic N) is 2. The molecule has 26 heavy (non-hydrogen) atoms. The molecule has 2 heterocycles. The highest BCUT2D eigenvalue weighted by Crippen LogP contribution is 2.17. The average Bonchev–Trinajstić information content (AvgIpc) is 3.12. The molecule has 0 bridgehead atoms. The first-order chi connectivity index (χ1) is 12.5. The van der Waals surface area contributed by atoms with Gasteiger partial charge >= 0.3 is 0 Å². The minimum absolute atomic E-state index is 0.136. The Hall–Kier alpha value is -2.32. The second-order valence-electron chi connectivity index (χ2n) is 6.03. The number of carbonyl (C=O) groups is 2. The summed E-state index contributed by atoms with van der Waals surface area (Å²) in [5, 5.41) is 4.95. The van der Waals surface area contributed by atoms with Crippen molar-refractivity contribution in [3.8, 4) is 0 Å². The predicted octanol–water partition coefficient (Wildman–Crippen LogP) is 1.85. The number of aromatic nitrogens is 1. The normalized spacial score (nSPS) is 15.5. The van der Waals surface area contributed by atoms with Crippen molar-refractivity contribution in [2.75, 3.05) is 26.3 Å². The molecule has 0 spiro atoms. The van der Waals surface area contributed by atoms with E-state index in [1.165, 1.54) is 17.4 Å². The van der Waals surface area contributed by atoms with Crippen LogP contribution in [0, 0.1) is 5.82 Å². The van der Waals surface area contributed by atoms with Gasteiger partial charge in [0.15, 0.2) is 0 Å². The van der Waals surface area contributed by atoms with Gasteiger partial charge in [0.25, 0.3) is 5.91 Å². The Balaban J connectivity index is 1.59. The molecule has 138 valence electrons. The molecule has 1 aliphatic rings. The van der Waals surface area contributed by atoms with Gasteiger partial charge in [0.1, 0.15) is 17.6 Å². The van der Waals surface area contributed by atoms with Gasteiger partial charge in [-0.05, 0) is 18.6 Å². The fourth-order valence-electron chi connectivity index (χ4n) is 2.69. The molecule has 2 amide bonds. The maximum Gasteiger partial charge on any atom is 0.271 e. The SMILES string of the molecule is CC(NC(=O)c1csc(Cc2ccccc2F)n1)C(=O)N1CCOCC1. The molecule has 1 aliphatic heterocycles. The summed E-state index contributed by atoms with van der Waals surface area (Å²) in [6.45, 7) is 3.74. The van der Waals surface area contributed by atoms with E-state index in [1.807, 2.05) is 0 Å². The summed E-state index contributed by atoms with van der Waals surface area (Å²) < 4.78 is 18.9. The molecule has 3 rings (SSSR count). The highest BCUT2D eigenvalue weighted by atomic mass is 32.1. The summed E-state index contributed by atoms with van der Waals surface area (Å²) >= 11 is 1.29. The number of rotatable bonds is 5. The number of amides is 2. The molecule has 1 aromatic heterocycles. The Morgan fingerprint density at radius 2 is 2.08 bits per heavy atom. The van der Waals surface area contributed by atoms with E-state index >= 15 is 0 Å². The standard InChI is InChI=1S/C18H20FN3O3S/c1-12(18(24)22-6-8-25-9-7-22)20-17(23)15-11-26-16(21-15)10-13-4-2-3-5-14(13)19/h2-5,11-12H,6-10H2,1H3,(H,20,23). The van der Waals surface area contributed by atoms with E-state index in [-0.39, 0.29) is 17.4 Å². The number of ether oxygens (including phenoxy) is 1. The molecule has 1 atom stereocenters. The fraction of sp³-hybridized carbons (Fsp3) is 0.389. The van der Waals surface area contributed by atoms with E-state index in [4.69, 9.17) is 4.74 Å². The van der Waals surface area contributed by atoms with Crippen molar-refractivity contribution in [3.05, 3.63) is 51.7 Å². The van der Waals surface area contributed by atoms with Crippen molar-refractivity contribution >= 4 is 23.2 Å². The van der Waals surface area contributed by atoms with Crippen LogP contribution < -0.4 is 5.32 Å². The molecule has 1 aromatic carbocycles. The predicted molar refractivity (Wildman–Crippen MR) is 95.6 cm³/mol. The Labute approximate surface area is 155 Å². The third kappa shape index (κ3) is 4.44. The lowest BCUT2D eigenvalue weighted by Gasteiger charge is -2.29. The zero-order valence-corrected chi connectivity index (χ0v) is 15.2. The summed E-state index contributed by atoms with van der Waals surface area (Å²) in [5.41, 5.74) is 0.771. The van der Waals surface area contributed by atoms with Gasteiger partial charge in [-0.15, -0.1) is 11.3 Å². The number of thiazole rings is 1. The Bertz CT molecular complexity index is 789. The third-order valence-corrected chi connectivity index (χ3v) is 4.97. The number of halogens is 1. The smallest absolute Gasteiger partial charge is 0.271 e. The van der Waals surface area contributed by atoms with E-state index < -0.39 is 11.9 Å². The molecular formula is C18H20FN3O3S. The molecule has 0 radical (unpaired) electrons. The first-order valence-corrected chi connectivity index (χ1v) is 9.28. The quantitative estimate of drug-likeness (QED) is 0.863. The van der Waals surface area contributed by atoms with Gasteiger partial charge < -0.3 is 15.0 Å². The minimum atomic E-state index is -0.641. The van der Waals surface area contributed by atoms with E-state index in [2.05, 4.69) is 10.3 Å². The van der Waals surface area contributed by atoms with Crippen LogP contribution in [0.2, 0.25) is 0 Å². The van der Waals surface area contributed by atoms with Gasteiger partial charge in [-0.3, -0.25) is 9.59 Å². The molecule has 1 fully saturated rings. The highest BCUT2D eigenvalue weighted by Gasteiger charge is 2.24. The van der Waals surface area contributed by atoms with Crippen LogP contribution in [0.1, 0.15) is 28.0 Å². The monoisotopic (exact) mass is 377 g/mol. The fourth-order valence-corrected chi connectivity index (χ4v) is 3.49. The van der Waals surface area contributed by atoms with Crippen molar-refractivity contribution in [2.45, 2.75) is 19.4 Å². The maximum absolute atomic E-state index is 13.7. The van der Waals surface area contributed by atoms with Gasteiger partial charge in [0.2, 0.25) is 5.91 Å². The van der Waals surface area contributed by atoms with E-state index in [1.54, 1.807) is 35.4 Å². The van der Waals surface area contributed by atoms with Gasteiger partial charge in [0, 0.05) is 24.9 Å². The molecule has 1 N–H and O–H groups in total. The van der Waals surface area contributed by atoms with Crippen molar-refractivity contribution in [1.82, 2.24) is 15.2 Å². The number of morpholine rings is 1. The zero-order chi connectivity index (χ0) is 18.5. The second kappa shape index (κ2) is 8.37. The summed E-state index contributed by atoms with van der Waals surface area (Å²) in [5.74, 6) is -0.836. The molecule has 1 unspecified atom stereocenters. The van der Waals surface area contributed by atoms with Crippen molar-refractivity contribution in [1.29, 1.82) is 0 Å². The zero-order valence-electron chi connectivity index (χ0n) is 14.4. The number of benzene rings is 1. The van der Waals surface area contributed by atoms with Gasteiger partial charge in [0.05, 0.1) is 18.2 Å². The number of hydrogen-bond donors (Lipinski definition) is 1. The van der Waals surface area contributed by atoms with Crippen LogP contribution in [0.25, 0.3) is 0 Å². The van der Waals surface area contributed by atoms with Crippen LogP contribution in [0.4, 0.5) is 4.39 Å². The minimum Gasteiger partial charge on any atom is -0.378 e. The first-order valence-electron chi connectivity index (χ1n) is 8.40. The Kier molecular flexibility index (Phi) is 5.95. The Morgan fingerprint density at radius 1 is 1.35 bits per heavy atom. The number of nitrogens with one attached hydrogen (secondary N) is 1. The number of hydrogen-bond acceptors (Lipinski definition) is 5. The molecular weight excluding hydrogens is 357 g/mol. The summed E-state index contributed by atoms with van der Waals surface area (Å²) in [6.07, 6.45) is 0.326. The topological polar surface area (TPSA) is 71.5 Å².